The smallest absolute Gasteiger partial charge is 0.305 e. The Balaban J connectivity index is 1.93. The zero-order valence-electron chi connectivity index (χ0n) is 16.6. The lowest BCUT2D eigenvalue weighted by Gasteiger charge is -2.18. The topological polar surface area (TPSA) is 93.4 Å². The highest BCUT2D eigenvalue weighted by atomic mass is 19.1. The van der Waals surface area contributed by atoms with Crippen LogP contribution in [0.2, 0.25) is 0 Å². The third-order valence-electron chi connectivity index (χ3n) is 4.53. The summed E-state index contributed by atoms with van der Waals surface area (Å²) in [6, 6.07) is 13.9. The number of halogens is 1. The molecule has 8 heteroatoms. The Morgan fingerprint density at radius 3 is 2.57 bits per heavy atom. The van der Waals surface area contributed by atoms with Gasteiger partial charge in [0.25, 0.3) is 5.91 Å². The Kier molecular flexibility index (Phi) is 6.46. The van der Waals surface area contributed by atoms with Gasteiger partial charge in [0.05, 0.1) is 19.1 Å². The van der Waals surface area contributed by atoms with Crippen molar-refractivity contribution in [1.29, 1.82) is 0 Å². The number of amides is 1. The second-order valence-corrected chi connectivity index (χ2v) is 6.64. The van der Waals surface area contributed by atoms with Crippen LogP contribution in [-0.4, -0.2) is 33.4 Å². The Hall–Kier alpha value is -3.68. The van der Waals surface area contributed by atoms with E-state index in [9.17, 15) is 19.1 Å². The van der Waals surface area contributed by atoms with Gasteiger partial charge in [0, 0.05) is 6.07 Å². The van der Waals surface area contributed by atoms with E-state index in [1.54, 1.807) is 31.2 Å². The predicted octanol–water partition coefficient (Wildman–Crippen LogP) is 3.66. The van der Waals surface area contributed by atoms with Gasteiger partial charge in [-0.1, -0.05) is 36.4 Å². The summed E-state index contributed by atoms with van der Waals surface area (Å²) < 4.78 is 21.0. The molecule has 0 aliphatic rings. The number of carboxylic acids is 1. The summed E-state index contributed by atoms with van der Waals surface area (Å²) in [4.78, 5) is 24.2. The minimum Gasteiger partial charge on any atom is -0.481 e. The minimum absolute atomic E-state index is 0.00863. The number of benzene rings is 2. The van der Waals surface area contributed by atoms with Crippen molar-refractivity contribution in [2.24, 2.45) is 0 Å². The summed E-state index contributed by atoms with van der Waals surface area (Å²) >= 11 is 0. The zero-order chi connectivity index (χ0) is 21.7. The lowest BCUT2D eigenvalue weighted by Crippen LogP contribution is -2.31. The molecule has 0 fully saturated rings. The highest BCUT2D eigenvalue weighted by molar-refractivity contribution is 5.93. The highest BCUT2D eigenvalue weighted by Crippen LogP contribution is 2.24. The summed E-state index contributed by atoms with van der Waals surface area (Å²) in [5, 5.41) is 16.2. The second-order valence-electron chi connectivity index (χ2n) is 6.64. The second kappa shape index (κ2) is 9.21. The molecule has 30 heavy (non-hydrogen) atoms. The van der Waals surface area contributed by atoms with Gasteiger partial charge in [0.15, 0.2) is 5.69 Å². The van der Waals surface area contributed by atoms with Gasteiger partial charge in [-0.05, 0) is 37.1 Å². The summed E-state index contributed by atoms with van der Waals surface area (Å²) in [5.41, 5.74) is 1.69. The van der Waals surface area contributed by atoms with Crippen molar-refractivity contribution in [3.63, 3.8) is 0 Å². The molecule has 3 rings (SSSR count). The number of carbonyl (C=O) groups excluding carboxylic acids is 1. The summed E-state index contributed by atoms with van der Waals surface area (Å²) in [6.45, 7) is 3.90. The van der Waals surface area contributed by atoms with Gasteiger partial charge < -0.3 is 15.2 Å². The first-order chi connectivity index (χ1) is 14.4. The fraction of sp³-hybridized carbons (Fsp3) is 0.227. The molecule has 0 spiro atoms. The van der Waals surface area contributed by atoms with Crippen molar-refractivity contribution in [1.82, 2.24) is 15.1 Å². The van der Waals surface area contributed by atoms with E-state index < -0.39 is 23.7 Å². The largest absolute Gasteiger partial charge is 0.481 e. The number of hydrogen-bond acceptors (Lipinski definition) is 4. The van der Waals surface area contributed by atoms with Crippen molar-refractivity contribution in [3.8, 4) is 11.6 Å². The van der Waals surface area contributed by atoms with Gasteiger partial charge in [-0.3, -0.25) is 9.59 Å². The highest BCUT2D eigenvalue weighted by Gasteiger charge is 2.23. The standard InChI is InChI=1S/C22H22FN3O4/c1-3-30-20-12-18(25-26(20)19-11-7-6-10-16(19)23)22(29)24-17(13-21(27)28)15-9-5-4-8-14(15)2/h4-12,17H,3,13H2,1-2H3,(H,24,29)(H,27,28)/t17-/m0/s1. The maximum absolute atomic E-state index is 14.2. The van der Waals surface area contributed by atoms with Crippen LogP contribution < -0.4 is 10.1 Å². The normalized spacial score (nSPS) is 11.7. The molecule has 0 radical (unpaired) electrons. The zero-order valence-corrected chi connectivity index (χ0v) is 16.6. The van der Waals surface area contributed by atoms with Crippen molar-refractivity contribution >= 4 is 11.9 Å². The lowest BCUT2D eigenvalue weighted by molar-refractivity contribution is -0.137. The first-order valence-electron chi connectivity index (χ1n) is 9.46. The van der Waals surface area contributed by atoms with E-state index in [4.69, 9.17) is 4.74 Å². The number of aryl methyl sites for hydroxylation is 1. The quantitative estimate of drug-likeness (QED) is 0.590. The molecule has 7 nitrogen and oxygen atoms in total. The van der Waals surface area contributed by atoms with E-state index in [2.05, 4.69) is 10.4 Å². The van der Waals surface area contributed by atoms with E-state index in [1.165, 1.54) is 22.9 Å². The third-order valence-corrected chi connectivity index (χ3v) is 4.53. The van der Waals surface area contributed by atoms with Gasteiger partial charge in [0.1, 0.15) is 11.5 Å². The minimum atomic E-state index is -1.05. The molecule has 0 unspecified atom stereocenters. The average molecular weight is 411 g/mol. The predicted molar refractivity (Wildman–Crippen MR) is 108 cm³/mol. The van der Waals surface area contributed by atoms with E-state index in [0.29, 0.717) is 12.2 Å². The van der Waals surface area contributed by atoms with Crippen molar-refractivity contribution in [2.75, 3.05) is 6.61 Å². The number of carbonyl (C=O) groups is 2. The van der Waals surface area contributed by atoms with Crippen LogP contribution in [0.5, 0.6) is 5.88 Å². The van der Waals surface area contributed by atoms with E-state index in [-0.39, 0.29) is 23.7 Å². The number of aromatic nitrogens is 2. The molecule has 0 saturated heterocycles. The maximum atomic E-state index is 14.2. The van der Waals surface area contributed by atoms with E-state index in [1.807, 2.05) is 19.1 Å². The Bertz CT molecular complexity index is 1060. The van der Waals surface area contributed by atoms with Crippen LogP contribution >= 0.6 is 0 Å². The number of rotatable bonds is 8. The van der Waals surface area contributed by atoms with E-state index in [0.717, 1.165) is 5.56 Å². The van der Waals surface area contributed by atoms with Crippen LogP contribution in [0.3, 0.4) is 0 Å². The lowest BCUT2D eigenvalue weighted by atomic mass is 9.98. The molecule has 1 atom stereocenters. The van der Waals surface area contributed by atoms with E-state index >= 15 is 0 Å². The molecular weight excluding hydrogens is 389 g/mol. The fourth-order valence-corrected chi connectivity index (χ4v) is 3.15. The molecule has 3 aromatic rings. The number of para-hydroxylation sites is 1. The van der Waals surface area contributed by atoms with Gasteiger partial charge in [-0.25, -0.2) is 4.39 Å². The summed E-state index contributed by atoms with van der Waals surface area (Å²) in [7, 11) is 0. The molecule has 0 saturated carbocycles. The number of nitrogens with one attached hydrogen (secondary N) is 1. The molecule has 156 valence electrons. The van der Waals surface area contributed by atoms with Crippen molar-refractivity contribution in [2.45, 2.75) is 26.3 Å². The maximum Gasteiger partial charge on any atom is 0.305 e. The van der Waals surface area contributed by atoms with Gasteiger partial charge in [-0.15, -0.1) is 0 Å². The number of carboxylic acid groups (broad SMARTS) is 1. The van der Waals surface area contributed by atoms with Crippen LogP contribution in [0.1, 0.15) is 41.0 Å². The molecule has 0 aliphatic heterocycles. The van der Waals surface area contributed by atoms with Crippen LogP contribution in [0.25, 0.3) is 5.69 Å². The molecule has 0 bridgehead atoms. The number of nitrogens with zero attached hydrogens (tertiary/aromatic N) is 2. The van der Waals surface area contributed by atoms with Crippen LogP contribution in [0, 0.1) is 12.7 Å². The van der Waals surface area contributed by atoms with Crippen molar-refractivity contribution < 1.29 is 23.8 Å². The SMILES string of the molecule is CCOc1cc(C(=O)N[C@@H](CC(=O)O)c2ccccc2C)nn1-c1ccccc1F. The number of aliphatic carboxylic acids is 1. The average Bonchev–Trinajstić information content (AvgIpc) is 3.12. The molecule has 2 aromatic carbocycles. The van der Waals surface area contributed by atoms with Crippen LogP contribution in [-0.2, 0) is 4.79 Å². The Morgan fingerprint density at radius 1 is 1.20 bits per heavy atom. The summed E-state index contributed by atoms with van der Waals surface area (Å²) in [5.74, 6) is -1.94. The number of hydrogen-bond donors (Lipinski definition) is 2. The summed E-state index contributed by atoms with van der Waals surface area (Å²) in [6.07, 6.45) is -0.289. The Morgan fingerprint density at radius 2 is 1.90 bits per heavy atom. The van der Waals surface area contributed by atoms with Gasteiger partial charge in [-0.2, -0.15) is 9.78 Å². The van der Waals surface area contributed by atoms with Crippen molar-refractivity contribution in [3.05, 3.63) is 77.2 Å². The van der Waals surface area contributed by atoms with Crippen LogP contribution in [0.15, 0.2) is 54.6 Å². The molecule has 0 aliphatic carbocycles. The molecule has 1 aromatic heterocycles. The molecular formula is C22H22FN3O4. The van der Waals surface area contributed by atoms with Crippen LogP contribution in [0.4, 0.5) is 4.39 Å². The third kappa shape index (κ3) is 4.65. The first-order valence-corrected chi connectivity index (χ1v) is 9.46. The first kappa shape index (κ1) is 21.0. The van der Waals surface area contributed by atoms with Gasteiger partial charge >= 0.3 is 5.97 Å². The van der Waals surface area contributed by atoms with Gasteiger partial charge in [0.2, 0.25) is 5.88 Å². The number of ether oxygens (including phenoxy) is 1. The fourth-order valence-electron chi connectivity index (χ4n) is 3.15. The molecule has 1 heterocycles. The molecule has 2 N–H and O–H groups in total. The molecule has 1 amide bonds. The monoisotopic (exact) mass is 411 g/mol. The Labute approximate surface area is 173 Å².